The Morgan fingerprint density at radius 2 is 1.82 bits per heavy atom. The molecule has 0 bridgehead atoms. The van der Waals surface area contributed by atoms with Gasteiger partial charge in [-0.05, 0) is 66.5 Å². The van der Waals surface area contributed by atoms with Gasteiger partial charge in [-0.15, -0.1) is 0 Å². The summed E-state index contributed by atoms with van der Waals surface area (Å²) in [6, 6.07) is 13.2. The van der Waals surface area contributed by atoms with Crippen molar-refractivity contribution in [3.8, 4) is 11.1 Å². The van der Waals surface area contributed by atoms with E-state index in [1.165, 1.54) is 39.2 Å². The van der Waals surface area contributed by atoms with Gasteiger partial charge in [0.15, 0.2) is 0 Å². The van der Waals surface area contributed by atoms with Crippen LogP contribution in [0.2, 0.25) is 0 Å². The second-order valence-corrected chi connectivity index (χ2v) is 11.2. The highest BCUT2D eigenvalue weighted by Gasteiger charge is 2.25. The molecule has 0 aliphatic heterocycles. The van der Waals surface area contributed by atoms with Crippen LogP contribution >= 0.6 is 0 Å². The van der Waals surface area contributed by atoms with Crippen LogP contribution < -0.4 is 4.72 Å². The van der Waals surface area contributed by atoms with E-state index in [2.05, 4.69) is 4.72 Å². The van der Waals surface area contributed by atoms with E-state index < -0.39 is 16.0 Å². The van der Waals surface area contributed by atoms with Gasteiger partial charge < -0.3 is 4.74 Å². The molecule has 1 aliphatic rings. The number of sulfonamides is 1. The van der Waals surface area contributed by atoms with Gasteiger partial charge in [0.05, 0.1) is 17.9 Å². The molecule has 2 aromatic carbocycles. The third kappa shape index (κ3) is 6.67. The van der Waals surface area contributed by atoms with Crippen LogP contribution in [0.1, 0.15) is 79.8 Å². The molecule has 5 nitrogen and oxygen atoms in total. The average Bonchev–Trinajstić information content (AvgIpc) is 2.83. The lowest BCUT2D eigenvalue weighted by Gasteiger charge is -2.24. The third-order valence-corrected chi connectivity index (χ3v) is 8.91. The van der Waals surface area contributed by atoms with Crippen molar-refractivity contribution in [2.45, 2.75) is 77.0 Å². The Morgan fingerprint density at radius 3 is 2.48 bits per heavy atom. The number of rotatable bonds is 10. The molecule has 33 heavy (non-hydrogen) atoms. The molecule has 1 atom stereocenters. The Hall–Kier alpha value is -2.18. The number of carbonyl (C=O) groups excluding carboxylic acids is 1. The number of carbonyl (C=O) groups is 1. The second-order valence-electron chi connectivity index (χ2n) is 9.16. The number of hydrogen-bond acceptors (Lipinski definition) is 4. The quantitative estimate of drug-likeness (QED) is 0.431. The minimum atomic E-state index is -3.43. The van der Waals surface area contributed by atoms with Gasteiger partial charge in [-0.1, -0.05) is 69.4 Å². The van der Waals surface area contributed by atoms with Crippen molar-refractivity contribution in [1.29, 1.82) is 0 Å². The van der Waals surface area contributed by atoms with E-state index in [9.17, 15) is 13.2 Å². The smallest absolute Gasteiger partial charge is 0.338 e. The van der Waals surface area contributed by atoms with Gasteiger partial charge in [-0.3, -0.25) is 0 Å². The summed E-state index contributed by atoms with van der Waals surface area (Å²) >= 11 is 0. The van der Waals surface area contributed by atoms with Crippen LogP contribution in [-0.2, 0) is 21.3 Å². The molecule has 0 saturated heterocycles. The van der Waals surface area contributed by atoms with Crippen LogP contribution in [0, 0.1) is 12.8 Å². The summed E-state index contributed by atoms with van der Waals surface area (Å²) in [5, 5.41) is -0.371. The Bertz CT molecular complexity index is 1040. The molecule has 0 spiro atoms. The Morgan fingerprint density at radius 1 is 1.09 bits per heavy atom. The highest BCUT2D eigenvalue weighted by molar-refractivity contribution is 7.90. The lowest BCUT2D eigenvalue weighted by Crippen LogP contribution is -2.34. The largest absolute Gasteiger partial charge is 0.465 e. The van der Waals surface area contributed by atoms with Crippen LogP contribution in [0.15, 0.2) is 42.5 Å². The van der Waals surface area contributed by atoms with Crippen molar-refractivity contribution in [1.82, 2.24) is 4.72 Å². The molecule has 0 aromatic heterocycles. The zero-order chi connectivity index (χ0) is 23.8. The number of methoxy groups -OCH3 is 1. The van der Waals surface area contributed by atoms with E-state index in [-0.39, 0.29) is 11.8 Å². The molecule has 0 heterocycles. The van der Waals surface area contributed by atoms with Crippen molar-refractivity contribution in [3.63, 3.8) is 0 Å². The molecule has 1 unspecified atom stereocenters. The monoisotopic (exact) mass is 471 g/mol. The molecule has 1 fully saturated rings. The summed E-state index contributed by atoms with van der Waals surface area (Å²) < 4.78 is 33.9. The Labute approximate surface area is 199 Å². The number of nitrogens with one attached hydrogen (secondary N) is 1. The van der Waals surface area contributed by atoms with Crippen molar-refractivity contribution in [3.05, 3.63) is 59.2 Å². The lowest BCUT2D eigenvalue weighted by molar-refractivity contribution is 0.0601. The third-order valence-electron chi connectivity index (χ3n) is 6.92. The fourth-order valence-corrected chi connectivity index (χ4v) is 6.35. The number of benzene rings is 2. The molecule has 1 N–H and O–H groups in total. The zero-order valence-electron chi connectivity index (χ0n) is 20.1. The first kappa shape index (κ1) is 25.4. The number of ether oxygens (including phenoxy) is 1. The van der Waals surface area contributed by atoms with Crippen LogP contribution in [0.5, 0.6) is 0 Å². The van der Waals surface area contributed by atoms with E-state index >= 15 is 0 Å². The van der Waals surface area contributed by atoms with Crippen LogP contribution in [0.3, 0.4) is 0 Å². The molecular formula is C27H37NO4S. The molecule has 1 saturated carbocycles. The second kappa shape index (κ2) is 11.8. The molecule has 0 amide bonds. The molecule has 3 rings (SSSR count). The van der Waals surface area contributed by atoms with Gasteiger partial charge in [0, 0.05) is 6.54 Å². The maximum absolute atomic E-state index is 13.1. The van der Waals surface area contributed by atoms with E-state index in [0.717, 1.165) is 28.7 Å². The van der Waals surface area contributed by atoms with Crippen LogP contribution in [-0.4, -0.2) is 26.7 Å². The van der Waals surface area contributed by atoms with E-state index in [4.69, 9.17) is 4.74 Å². The summed E-state index contributed by atoms with van der Waals surface area (Å²) in [7, 11) is -2.06. The Kier molecular flexibility index (Phi) is 9.10. The Balaban J connectivity index is 1.74. The highest BCUT2D eigenvalue weighted by atomic mass is 32.2. The van der Waals surface area contributed by atoms with E-state index in [1.54, 1.807) is 12.1 Å². The number of aryl methyl sites for hydroxylation is 1. The van der Waals surface area contributed by atoms with Gasteiger partial charge in [-0.25, -0.2) is 17.9 Å². The van der Waals surface area contributed by atoms with Crippen LogP contribution in [0.4, 0.5) is 0 Å². The van der Waals surface area contributed by atoms with Gasteiger partial charge in [0.25, 0.3) is 0 Å². The first-order valence-corrected chi connectivity index (χ1v) is 13.7. The average molecular weight is 472 g/mol. The molecule has 180 valence electrons. The normalized spacial score (nSPS) is 15.8. The van der Waals surface area contributed by atoms with Crippen molar-refractivity contribution in [2.24, 2.45) is 5.92 Å². The summed E-state index contributed by atoms with van der Waals surface area (Å²) in [4.78, 5) is 12.3. The van der Waals surface area contributed by atoms with Crippen molar-refractivity contribution < 1.29 is 17.9 Å². The zero-order valence-corrected chi connectivity index (χ0v) is 20.9. The summed E-state index contributed by atoms with van der Waals surface area (Å²) in [5.74, 6) is 0.264. The lowest BCUT2D eigenvalue weighted by atomic mass is 9.85. The fraction of sp³-hybridized carbons (Fsp3) is 0.519. The standard InChI is InChI=1S/C27H37NO4S/c1-4-23(16-14-21-11-6-5-7-12-21)33(30,31)28-19-22-15-17-25(27(29)32-3)26(18-22)24-13-9-8-10-20(24)2/h8-10,13,15,17-18,21,23,28H,4-7,11-12,14,16,19H2,1-3H3. The van der Waals surface area contributed by atoms with E-state index in [0.29, 0.717) is 24.3 Å². The SMILES string of the molecule is CCC(CCC1CCCCC1)S(=O)(=O)NCc1ccc(C(=O)OC)c(-c2ccccc2C)c1. The molecular weight excluding hydrogens is 434 g/mol. The summed E-state index contributed by atoms with van der Waals surface area (Å²) in [6.07, 6.45) is 8.65. The molecule has 1 aliphatic carbocycles. The maximum Gasteiger partial charge on any atom is 0.338 e. The highest BCUT2D eigenvalue weighted by Crippen LogP contribution is 2.30. The summed E-state index contributed by atoms with van der Waals surface area (Å²) in [6.45, 7) is 4.14. The van der Waals surface area contributed by atoms with Crippen molar-refractivity contribution >= 4 is 16.0 Å². The predicted molar refractivity (Wildman–Crippen MR) is 134 cm³/mol. The maximum atomic E-state index is 13.1. The fourth-order valence-electron chi connectivity index (χ4n) is 4.87. The minimum Gasteiger partial charge on any atom is -0.465 e. The molecule has 0 radical (unpaired) electrons. The number of hydrogen-bond donors (Lipinski definition) is 1. The first-order chi connectivity index (χ1) is 15.9. The summed E-state index contributed by atoms with van der Waals surface area (Å²) in [5.41, 5.74) is 4.00. The predicted octanol–water partition coefficient (Wildman–Crippen LogP) is 6.01. The first-order valence-electron chi connectivity index (χ1n) is 12.1. The van der Waals surface area contributed by atoms with E-state index in [1.807, 2.05) is 44.2 Å². The van der Waals surface area contributed by atoms with Crippen LogP contribution in [0.25, 0.3) is 11.1 Å². The van der Waals surface area contributed by atoms with Gasteiger partial charge in [0.2, 0.25) is 10.0 Å². The minimum absolute atomic E-state index is 0.197. The van der Waals surface area contributed by atoms with Crippen molar-refractivity contribution in [2.75, 3.05) is 7.11 Å². The molecule has 2 aromatic rings. The van der Waals surface area contributed by atoms with Gasteiger partial charge >= 0.3 is 5.97 Å². The van der Waals surface area contributed by atoms with Gasteiger partial charge in [0.1, 0.15) is 0 Å². The topological polar surface area (TPSA) is 72.5 Å². The molecule has 6 heteroatoms. The van der Waals surface area contributed by atoms with Gasteiger partial charge in [-0.2, -0.15) is 0 Å². The number of esters is 1.